The second-order valence-electron chi connectivity index (χ2n) is 7.74. The Morgan fingerprint density at radius 2 is 1.69 bits per heavy atom. The summed E-state index contributed by atoms with van der Waals surface area (Å²) in [5.41, 5.74) is 5.77. The molecule has 0 aliphatic heterocycles. The van der Waals surface area contributed by atoms with E-state index >= 15 is 0 Å². The number of benzene rings is 2. The summed E-state index contributed by atoms with van der Waals surface area (Å²) < 4.78 is 4.21. The van der Waals surface area contributed by atoms with Crippen molar-refractivity contribution in [3.63, 3.8) is 0 Å². The summed E-state index contributed by atoms with van der Waals surface area (Å²) in [5.74, 6) is 0.378. The van der Waals surface area contributed by atoms with E-state index in [0.717, 1.165) is 21.4 Å². The van der Waals surface area contributed by atoms with E-state index in [4.69, 9.17) is 0 Å². The van der Waals surface area contributed by atoms with Gasteiger partial charge in [0.1, 0.15) is 0 Å². The van der Waals surface area contributed by atoms with Crippen LogP contribution in [-0.4, -0.2) is 39.0 Å². The standard InChI is InChI=1S/C23H25N7O2/c1-27(2)18-12-10-16(11-13-18)14-24-26-22-25-20-19(21(31)29(4)23(32)28(20)3)30(22)15-17-8-6-5-7-9-17/h5-14H,15H2,1-4H3,(H,25,26). The number of nitrogens with zero attached hydrogens (tertiary/aromatic N) is 6. The van der Waals surface area contributed by atoms with E-state index in [-0.39, 0.29) is 0 Å². The van der Waals surface area contributed by atoms with E-state index < -0.39 is 11.2 Å². The van der Waals surface area contributed by atoms with Crippen molar-refractivity contribution in [2.24, 2.45) is 19.2 Å². The Bertz CT molecular complexity index is 1400. The highest BCUT2D eigenvalue weighted by Crippen LogP contribution is 2.18. The minimum Gasteiger partial charge on any atom is -0.378 e. The van der Waals surface area contributed by atoms with Crippen LogP contribution in [0.15, 0.2) is 69.3 Å². The molecule has 0 radical (unpaired) electrons. The van der Waals surface area contributed by atoms with Gasteiger partial charge in [-0.05, 0) is 23.3 Å². The van der Waals surface area contributed by atoms with E-state index in [1.807, 2.05) is 73.6 Å². The molecule has 0 saturated heterocycles. The van der Waals surface area contributed by atoms with Gasteiger partial charge in [0.15, 0.2) is 11.2 Å². The van der Waals surface area contributed by atoms with Gasteiger partial charge in [-0.3, -0.25) is 18.5 Å². The number of hydrazone groups is 1. The minimum absolute atomic E-state index is 0.307. The molecular weight excluding hydrogens is 406 g/mol. The van der Waals surface area contributed by atoms with Crippen molar-refractivity contribution in [2.75, 3.05) is 24.4 Å². The van der Waals surface area contributed by atoms with Gasteiger partial charge in [-0.1, -0.05) is 42.5 Å². The number of hydrogen-bond acceptors (Lipinski definition) is 6. The Morgan fingerprint density at radius 3 is 2.34 bits per heavy atom. The number of imidazole rings is 1. The SMILES string of the molecule is CN(C)c1ccc(C=NNc2nc3c(c(=O)n(C)c(=O)n3C)n2Cc2ccccc2)cc1. The lowest BCUT2D eigenvalue weighted by Gasteiger charge is -2.11. The molecule has 2 aromatic heterocycles. The van der Waals surface area contributed by atoms with Crippen LogP contribution >= 0.6 is 0 Å². The number of anilines is 2. The molecule has 4 rings (SSSR count). The van der Waals surface area contributed by atoms with Crippen LogP contribution in [0.25, 0.3) is 11.2 Å². The lowest BCUT2D eigenvalue weighted by atomic mass is 10.2. The predicted molar refractivity (Wildman–Crippen MR) is 128 cm³/mol. The smallest absolute Gasteiger partial charge is 0.332 e. The summed E-state index contributed by atoms with van der Waals surface area (Å²) in [6.45, 7) is 0.403. The molecule has 0 aliphatic rings. The van der Waals surface area contributed by atoms with Crippen molar-refractivity contribution in [2.45, 2.75) is 6.54 Å². The third-order valence-corrected chi connectivity index (χ3v) is 5.32. The summed E-state index contributed by atoms with van der Waals surface area (Å²) in [5, 5.41) is 4.32. The molecule has 0 fully saturated rings. The van der Waals surface area contributed by atoms with Crippen molar-refractivity contribution >= 4 is 29.0 Å². The van der Waals surface area contributed by atoms with E-state index in [1.165, 1.54) is 11.6 Å². The fraction of sp³-hybridized carbons (Fsp3) is 0.217. The Labute approximate surface area is 184 Å². The third-order valence-electron chi connectivity index (χ3n) is 5.32. The Balaban J connectivity index is 1.75. The van der Waals surface area contributed by atoms with Gasteiger partial charge in [-0.25, -0.2) is 10.2 Å². The van der Waals surface area contributed by atoms with Gasteiger partial charge >= 0.3 is 5.69 Å². The van der Waals surface area contributed by atoms with Crippen LogP contribution in [0.2, 0.25) is 0 Å². The molecule has 0 spiro atoms. The Hall–Kier alpha value is -4.14. The maximum absolute atomic E-state index is 12.9. The van der Waals surface area contributed by atoms with Crippen LogP contribution in [0.4, 0.5) is 11.6 Å². The molecule has 4 aromatic rings. The first kappa shape index (κ1) is 21.1. The molecule has 9 nitrogen and oxygen atoms in total. The first-order chi connectivity index (χ1) is 15.4. The second-order valence-corrected chi connectivity index (χ2v) is 7.74. The van der Waals surface area contributed by atoms with Gasteiger partial charge in [0.05, 0.1) is 12.8 Å². The summed E-state index contributed by atoms with van der Waals surface area (Å²) >= 11 is 0. The van der Waals surface area contributed by atoms with Crippen LogP contribution in [0.1, 0.15) is 11.1 Å². The van der Waals surface area contributed by atoms with E-state index in [0.29, 0.717) is 23.7 Å². The van der Waals surface area contributed by atoms with Crippen molar-refractivity contribution in [3.8, 4) is 0 Å². The van der Waals surface area contributed by atoms with Gasteiger partial charge in [-0.2, -0.15) is 10.1 Å². The molecule has 1 N–H and O–H groups in total. The fourth-order valence-electron chi connectivity index (χ4n) is 3.47. The van der Waals surface area contributed by atoms with Crippen LogP contribution in [0.3, 0.4) is 0 Å². The first-order valence-corrected chi connectivity index (χ1v) is 10.1. The maximum Gasteiger partial charge on any atom is 0.332 e. The van der Waals surface area contributed by atoms with Crippen molar-refractivity contribution in [1.29, 1.82) is 0 Å². The van der Waals surface area contributed by atoms with Crippen LogP contribution in [-0.2, 0) is 20.6 Å². The average Bonchev–Trinajstić information content (AvgIpc) is 3.15. The highest BCUT2D eigenvalue weighted by atomic mass is 16.2. The zero-order valence-electron chi connectivity index (χ0n) is 18.5. The topological polar surface area (TPSA) is 89.5 Å². The number of nitrogens with one attached hydrogen (secondary N) is 1. The Kier molecular flexibility index (Phi) is 5.63. The summed E-state index contributed by atoms with van der Waals surface area (Å²) in [7, 11) is 7.04. The van der Waals surface area contributed by atoms with Crippen LogP contribution in [0.5, 0.6) is 0 Å². The van der Waals surface area contributed by atoms with Crippen molar-refractivity contribution in [3.05, 3.63) is 86.6 Å². The molecule has 2 aromatic carbocycles. The quantitative estimate of drug-likeness (QED) is 0.373. The molecule has 0 aliphatic carbocycles. The normalized spacial score (nSPS) is 11.4. The van der Waals surface area contributed by atoms with Gasteiger partial charge < -0.3 is 4.90 Å². The summed E-state index contributed by atoms with van der Waals surface area (Å²) in [6.07, 6.45) is 1.68. The molecule has 0 bridgehead atoms. The molecule has 0 saturated carbocycles. The molecule has 0 amide bonds. The van der Waals surface area contributed by atoms with Gasteiger partial charge in [-0.15, -0.1) is 0 Å². The molecule has 164 valence electrons. The van der Waals surface area contributed by atoms with Crippen molar-refractivity contribution < 1.29 is 0 Å². The van der Waals surface area contributed by atoms with E-state index in [1.54, 1.807) is 17.8 Å². The molecule has 9 heteroatoms. The lowest BCUT2D eigenvalue weighted by Crippen LogP contribution is -2.37. The average molecular weight is 432 g/mol. The van der Waals surface area contributed by atoms with Crippen LogP contribution < -0.4 is 21.6 Å². The summed E-state index contributed by atoms with van der Waals surface area (Å²) in [4.78, 5) is 31.9. The fourth-order valence-corrected chi connectivity index (χ4v) is 3.47. The maximum atomic E-state index is 12.9. The largest absolute Gasteiger partial charge is 0.378 e. The zero-order chi connectivity index (χ0) is 22.8. The molecule has 32 heavy (non-hydrogen) atoms. The number of aromatic nitrogens is 4. The predicted octanol–water partition coefficient (Wildman–Crippen LogP) is 1.99. The lowest BCUT2D eigenvalue weighted by molar-refractivity contribution is 0.702. The molecular formula is C23H25N7O2. The van der Waals surface area contributed by atoms with Crippen molar-refractivity contribution in [1.82, 2.24) is 18.7 Å². The highest BCUT2D eigenvalue weighted by Gasteiger charge is 2.19. The number of aryl methyl sites for hydroxylation is 1. The minimum atomic E-state index is -0.428. The monoisotopic (exact) mass is 431 g/mol. The number of fused-ring (bicyclic) bond motifs is 1. The van der Waals surface area contributed by atoms with Gasteiger partial charge in [0.2, 0.25) is 5.95 Å². The van der Waals surface area contributed by atoms with Gasteiger partial charge in [0, 0.05) is 33.9 Å². The molecule has 2 heterocycles. The number of rotatable bonds is 6. The van der Waals surface area contributed by atoms with Crippen LogP contribution in [0, 0.1) is 0 Å². The highest BCUT2D eigenvalue weighted by molar-refractivity contribution is 5.81. The summed E-state index contributed by atoms with van der Waals surface area (Å²) in [6, 6.07) is 17.7. The molecule has 0 atom stereocenters. The Morgan fingerprint density at radius 1 is 1.00 bits per heavy atom. The third kappa shape index (κ3) is 3.92. The second kappa shape index (κ2) is 8.54. The molecule has 0 unspecified atom stereocenters. The number of hydrogen-bond donors (Lipinski definition) is 1. The van der Waals surface area contributed by atoms with E-state index in [2.05, 4.69) is 15.5 Å². The zero-order valence-corrected chi connectivity index (χ0v) is 18.5. The first-order valence-electron chi connectivity index (χ1n) is 10.1. The van der Waals surface area contributed by atoms with Gasteiger partial charge in [0.25, 0.3) is 5.56 Å². The van der Waals surface area contributed by atoms with E-state index in [9.17, 15) is 9.59 Å².